The van der Waals surface area contributed by atoms with E-state index in [0.717, 1.165) is 0 Å². The molecule has 0 N–H and O–H groups in total. The van der Waals surface area contributed by atoms with E-state index in [9.17, 15) is 0 Å². The molecule has 244 valence electrons. The van der Waals surface area contributed by atoms with Crippen molar-refractivity contribution in [1.29, 1.82) is 0 Å². The van der Waals surface area contributed by atoms with Crippen LogP contribution in [0.1, 0.15) is 11.1 Å². The first kappa shape index (κ1) is 30.3. The predicted molar refractivity (Wildman–Crippen MR) is 220 cm³/mol. The molecule has 10 rings (SSSR count). The average molecular weight is 661 g/mol. The fourth-order valence-corrected chi connectivity index (χ4v) is 8.78. The van der Waals surface area contributed by atoms with Crippen molar-refractivity contribution >= 4 is 32.7 Å². The molecule has 0 nitrogen and oxygen atoms in total. The van der Waals surface area contributed by atoms with Crippen LogP contribution in [0.25, 0.3) is 66.1 Å². The molecule has 0 fully saturated rings. The van der Waals surface area contributed by atoms with Gasteiger partial charge >= 0.3 is 0 Å². The lowest BCUT2D eigenvalue weighted by atomic mass is 9.68. The Bertz CT molecular complexity index is 2740. The Kier molecular flexibility index (Phi) is 7.40. The molecule has 0 spiro atoms. The number of fused-ring (bicyclic) bond motifs is 4. The van der Waals surface area contributed by atoms with Crippen LogP contribution in [0.3, 0.4) is 0 Å². The van der Waals surface area contributed by atoms with Crippen LogP contribution in [-0.2, 0) is 0 Å². The summed E-state index contributed by atoms with van der Waals surface area (Å²) < 4.78 is 0. The molecule has 2 unspecified atom stereocenters. The van der Waals surface area contributed by atoms with Gasteiger partial charge in [-0.05, 0) is 87.6 Å². The average Bonchev–Trinajstić information content (AvgIpc) is 3.23. The minimum atomic E-state index is 0.187. The summed E-state index contributed by atoms with van der Waals surface area (Å²) in [6.07, 6.45) is 9.35. The SMILES string of the molecule is C1=CC2C(c3ccc(-c4ccccc4)cc3)=c3ccccc3=C(c3c4ccccc4c(-c4ccc(-c5ccccc5)cc4)c4ccccc34)C2C=C1. The topological polar surface area (TPSA) is 0 Å². The Morgan fingerprint density at radius 1 is 0.250 bits per heavy atom. The van der Waals surface area contributed by atoms with Crippen LogP contribution in [0.4, 0.5) is 0 Å². The third-order valence-electron chi connectivity index (χ3n) is 11.1. The van der Waals surface area contributed by atoms with Crippen molar-refractivity contribution in [3.63, 3.8) is 0 Å². The maximum atomic E-state index is 2.44. The van der Waals surface area contributed by atoms with Gasteiger partial charge in [-0.25, -0.2) is 0 Å². The van der Waals surface area contributed by atoms with E-state index in [1.165, 1.54) is 87.6 Å². The molecule has 2 aliphatic carbocycles. The third kappa shape index (κ3) is 4.99. The molecule has 0 heterocycles. The van der Waals surface area contributed by atoms with E-state index in [0.29, 0.717) is 0 Å². The zero-order chi connectivity index (χ0) is 34.4. The van der Waals surface area contributed by atoms with E-state index in [4.69, 9.17) is 0 Å². The zero-order valence-electron chi connectivity index (χ0n) is 28.8. The first-order valence-electron chi connectivity index (χ1n) is 18.3. The van der Waals surface area contributed by atoms with E-state index < -0.39 is 0 Å². The van der Waals surface area contributed by atoms with E-state index in [2.05, 4.69) is 206 Å². The Balaban J connectivity index is 1.24. The number of hydrogen-bond acceptors (Lipinski definition) is 0. The van der Waals surface area contributed by atoms with Gasteiger partial charge in [-0.15, -0.1) is 0 Å². The summed E-state index contributed by atoms with van der Waals surface area (Å²) in [5.74, 6) is 0.395. The van der Waals surface area contributed by atoms with Crippen LogP contribution in [0, 0.1) is 11.8 Å². The standard InChI is InChI=1S/C52H36/c1-3-15-35(16-4-1)37-27-31-39(32-28-37)49-41-19-7-11-23-45(41)51(46-24-12-8-20-42(46)49)52-47-25-13-9-21-43(47)50(44-22-10-14-26-48(44)52)40-33-29-38(30-34-40)36-17-5-2-6-18-36/h1-34,41,45H. The van der Waals surface area contributed by atoms with Gasteiger partial charge in [0.15, 0.2) is 0 Å². The molecule has 0 heteroatoms. The van der Waals surface area contributed by atoms with Gasteiger partial charge in [-0.1, -0.05) is 206 Å². The molecule has 8 aromatic rings. The summed E-state index contributed by atoms with van der Waals surface area (Å²) in [5.41, 5.74) is 12.9. The van der Waals surface area contributed by atoms with Crippen molar-refractivity contribution in [3.05, 3.63) is 228 Å². The highest BCUT2D eigenvalue weighted by molar-refractivity contribution is 6.19. The summed E-state index contributed by atoms with van der Waals surface area (Å²) in [6.45, 7) is 0. The summed E-state index contributed by atoms with van der Waals surface area (Å²) in [6, 6.07) is 66.9. The van der Waals surface area contributed by atoms with E-state index >= 15 is 0 Å². The quantitative estimate of drug-likeness (QED) is 0.161. The molecule has 0 radical (unpaired) electrons. The summed E-state index contributed by atoms with van der Waals surface area (Å²) in [7, 11) is 0. The number of rotatable bonds is 5. The van der Waals surface area contributed by atoms with Crippen LogP contribution in [-0.4, -0.2) is 0 Å². The van der Waals surface area contributed by atoms with Crippen molar-refractivity contribution in [1.82, 2.24) is 0 Å². The first-order valence-corrected chi connectivity index (χ1v) is 18.3. The Hall–Kier alpha value is -6.50. The van der Waals surface area contributed by atoms with Crippen LogP contribution in [0.15, 0.2) is 206 Å². The minimum Gasteiger partial charge on any atom is -0.0760 e. The molecule has 0 saturated heterocycles. The second-order valence-electron chi connectivity index (χ2n) is 13.9. The normalized spacial score (nSPS) is 16.2. The van der Waals surface area contributed by atoms with Gasteiger partial charge in [0.25, 0.3) is 0 Å². The highest BCUT2D eigenvalue weighted by Gasteiger charge is 2.33. The van der Waals surface area contributed by atoms with Gasteiger partial charge in [0.05, 0.1) is 0 Å². The van der Waals surface area contributed by atoms with E-state index in [-0.39, 0.29) is 11.8 Å². The highest BCUT2D eigenvalue weighted by Crippen LogP contribution is 2.47. The van der Waals surface area contributed by atoms with Gasteiger partial charge < -0.3 is 0 Å². The van der Waals surface area contributed by atoms with Crippen molar-refractivity contribution in [2.45, 2.75) is 0 Å². The maximum Gasteiger partial charge on any atom is 0.0138 e. The van der Waals surface area contributed by atoms with Gasteiger partial charge in [0, 0.05) is 11.8 Å². The Morgan fingerprint density at radius 3 is 1.10 bits per heavy atom. The van der Waals surface area contributed by atoms with E-state index in [1.807, 2.05) is 0 Å². The molecular weight excluding hydrogens is 625 g/mol. The molecule has 0 saturated carbocycles. The third-order valence-corrected chi connectivity index (χ3v) is 11.1. The Labute approximate surface area is 304 Å². The molecule has 0 aliphatic heterocycles. The molecule has 0 amide bonds. The van der Waals surface area contributed by atoms with Gasteiger partial charge in [-0.2, -0.15) is 0 Å². The van der Waals surface area contributed by atoms with Crippen LogP contribution in [0.5, 0.6) is 0 Å². The molecule has 2 atom stereocenters. The summed E-state index contributed by atoms with van der Waals surface area (Å²) in [5, 5.41) is 7.80. The molecule has 52 heavy (non-hydrogen) atoms. The fourth-order valence-electron chi connectivity index (χ4n) is 8.78. The molecule has 0 bridgehead atoms. The summed E-state index contributed by atoms with van der Waals surface area (Å²) in [4.78, 5) is 0. The van der Waals surface area contributed by atoms with Crippen molar-refractivity contribution in [2.24, 2.45) is 11.8 Å². The number of benzene rings is 8. The van der Waals surface area contributed by atoms with Gasteiger partial charge in [0.2, 0.25) is 0 Å². The number of hydrogen-bond donors (Lipinski definition) is 0. The monoisotopic (exact) mass is 660 g/mol. The minimum absolute atomic E-state index is 0.187. The smallest absolute Gasteiger partial charge is 0.0138 e. The largest absolute Gasteiger partial charge is 0.0760 e. The fraction of sp³-hybridized carbons (Fsp3) is 0.0385. The number of allylic oxidation sites excluding steroid dienone is 4. The van der Waals surface area contributed by atoms with Crippen LogP contribution >= 0.6 is 0 Å². The second kappa shape index (κ2) is 12.7. The van der Waals surface area contributed by atoms with Gasteiger partial charge in [-0.3, -0.25) is 0 Å². The first-order chi connectivity index (χ1) is 25.8. The Morgan fingerprint density at radius 2 is 0.596 bits per heavy atom. The maximum absolute atomic E-state index is 2.44. The lowest BCUT2D eigenvalue weighted by Gasteiger charge is -2.34. The zero-order valence-corrected chi connectivity index (χ0v) is 28.8. The van der Waals surface area contributed by atoms with Crippen LogP contribution in [0.2, 0.25) is 0 Å². The van der Waals surface area contributed by atoms with Crippen molar-refractivity contribution < 1.29 is 0 Å². The highest BCUT2D eigenvalue weighted by atomic mass is 14.4. The van der Waals surface area contributed by atoms with Crippen molar-refractivity contribution in [3.8, 4) is 33.4 Å². The van der Waals surface area contributed by atoms with Crippen LogP contribution < -0.4 is 10.4 Å². The lowest BCUT2D eigenvalue weighted by Crippen LogP contribution is -2.40. The predicted octanol–water partition coefficient (Wildman–Crippen LogP) is 11.8. The molecular formula is C52H36. The second-order valence-corrected chi connectivity index (χ2v) is 13.9. The molecule has 8 aromatic carbocycles. The molecule has 0 aromatic heterocycles. The van der Waals surface area contributed by atoms with Crippen molar-refractivity contribution in [2.75, 3.05) is 0 Å². The van der Waals surface area contributed by atoms with E-state index in [1.54, 1.807) is 0 Å². The van der Waals surface area contributed by atoms with Gasteiger partial charge in [0.1, 0.15) is 0 Å². The molecule has 2 aliphatic rings. The lowest BCUT2D eigenvalue weighted by molar-refractivity contribution is 0.687. The summed E-state index contributed by atoms with van der Waals surface area (Å²) >= 11 is 0.